The highest BCUT2D eigenvalue weighted by atomic mass is 15.2. The first-order valence-electron chi connectivity index (χ1n) is 5.50. The van der Waals surface area contributed by atoms with Gasteiger partial charge >= 0.3 is 0 Å². The summed E-state index contributed by atoms with van der Waals surface area (Å²) in [5, 5.41) is 3.46. The second-order valence-electron chi connectivity index (χ2n) is 4.35. The summed E-state index contributed by atoms with van der Waals surface area (Å²) in [6.07, 6.45) is 0. The van der Waals surface area contributed by atoms with Crippen LogP contribution in [0.2, 0.25) is 0 Å². The van der Waals surface area contributed by atoms with E-state index in [0.29, 0.717) is 0 Å². The van der Waals surface area contributed by atoms with Crippen molar-refractivity contribution >= 4 is 17.2 Å². The lowest BCUT2D eigenvalue weighted by molar-refractivity contribution is 0.936. The average molecular weight is 213 g/mol. The number of nitrogens with one attached hydrogen (secondary N) is 2. The van der Waals surface area contributed by atoms with Crippen LogP contribution in [0.4, 0.5) is 17.2 Å². The number of anilines is 3. The van der Waals surface area contributed by atoms with E-state index in [2.05, 4.69) is 59.5 Å². The molecule has 2 aromatic rings. The van der Waals surface area contributed by atoms with E-state index in [-0.39, 0.29) is 0 Å². The highest BCUT2D eigenvalue weighted by molar-refractivity contribution is 5.77. The summed E-state index contributed by atoms with van der Waals surface area (Å²) >= 11 is 0. The van der Waals surface area contributed by atoms with Gasteiger partial charge in [-0.1, -0.05) is 12.1 Å². The van der Waals surface area contributed by atoms with E-state index in [1.165, 1.54) is 16.9 Å². The number of rotatable bonds is 0. The Hall–Kier alpha value is -1.90. The maximum Gasteiger partial charge on any atom is 0.113 e. The van der Waals surface area contributed by atoms with E-state index in [1.54, 1.807) is 0 Å². The number of hydrogen-bond donors (Lipinski definition) is 2. The minimum atomic E-state index is 0.934. The number of aromatic nitrogens is 1. The molecule has 0 fully saturated rings. The van der Waals surface area contributed by atoms with Gasteiger partial charge in [0, 0.05) is 24.8 Å². The van der Waals surface area contributed by atoms with Gasteiger partial charge in [0.15, 0.2) is 0 Å². The van der Waals surface area contributed by atoms with Gasteiger partial charge in [-0.3, -0.25) is 0 Å². The Labute approximate surface area is 95.1 Å². The topological polar surface area (TPSA) is 31.1 Å². The van der Waals surface area contributed by atoms with E-state index in [4.69, 9.17) is 0 Å². The van der Waals surface area contributed by atoms with Crippen LogP contribution in [-0.2, 0) is 6.54 Å². The third kappa shape index (κ3) is 1.36. The fourth-order valence-corrected chi connectivity index (χ4v) is 2.27. The van der Waals surface area contributed by atoms with Gasteiger partial charge in [-0.05, 0) is 25.1 Å². The number of fused-ring (bicyclic) bond motifs is 2. The minimum Gasteiger partial charge on any atom is -0.368 e. The van der Waals surface area contributed by atoms with Crippen LogP contribution in [0.3, 0.4) is 0 Å². The second kappa shape index (κ2) is 3.30. The molecule has 0 spiro atoms. The fourth-order valence-electron chi connectivity index (χ4n) is 2.27. The molecule has 0 aliphatic carbocycles. The zero-order chi connectivity index (χ0) is 11.1. The fraction of sp³-hybridized carbons (Fsp3) is 0.231. The van der Waals surface area contributed by atoms with Gasteiger partial charge < -0.3 is 15.2 Å². The molecule has 2 N–H and O–H groups in total. The summed E-state index contributed by atoms with van der Waals surface area (Å²) < 4.78 is 0. The Kier molecular flexibility index (Phi) is 1.93. The molecule has 3 nitrogen and oxygen atoms in total. The van der Waals surface area contributed by atoms with Gasteiger partial charge in [0.2, 0.25) is 0 Å². The zero-order valence-corrected chi connectivity index (χ0v) is 9.54. The maximum absolute atomic E-state index is 3.46. The van der Waals surface area contributed by atoms with Crippen LogP contribution in [0, 0.1) is 6.92 Å². The van der Waals surface area contributed by atoms with Crippen LogP contribution in [0.5, 0.6) is 0 Å². The molecule has 1 aliphatic heterocycles. The SMILES string of the molecule is Cc1cc2c([nH]1)Nc1ccccc1N(C)C2. The first-order chi connectivity index (χ1) is 7.74. The summed E-state index contributed by atoms with van der Waals surface area (Å²) in [4.78, 5) is 5.63. The van der Waals surface area contributed by atoms with Crippen molar-refractivity contribution in [2.24, 2.45) is 0 Å². The van der Waals surface area contributed by atoms with Crippen molar-refractivity contribution < 1.29 is 0 Å². The number of para-hydroxylation sites is 2. The Morgan fingerprint density at radius 2 is 2.06 bits per heavy atom. The van der Waals surface area contributed by atoms with E-state index in [9.17, 15) is 0 Å². The molecule has 0 amide bonds. The van der Waals surface area contributed by atoms with Crippen LogP contribution >= 0.6 is 0 Å². The summed E-state index contributed by atoms with van der Waals surface area (Å²) in [5.74, 6) is 1.12. The van der Waals surface area contributed by atoms with Crippen molar-refractivity contribution in [3.63, 3.8) is 0 Å². The van der Waals surface area contributed by atoms with Crippen molar-refractivity contribution in [2.75, 3.05) is 17.3 Å². The van der Waals surface area contributed by atoms with Crippen molar-refractivity contribution in [3.05, 3.63) is 41.6 Å². The minimum absolute atomic E-state index is 0.934. The second-order valence-corrected chi connectivity index (χ2v) is 4.35. The summed E-state index contributed by atoms with van der Waals surface area (Å²) in [6.45, 7) is 3.02. The third-order valence-corrected chi connectivity index (χ3v) is 3.02. The molecule has 2 heterocycles. The molecule has 0 saturated carbocycles. The van der Waals surface area contributed by atoms with Gasteiger partial charge in [0.1, 0.15) is 5.82 Å². The first kappa shape index (κ1) is 9.33. The Balaban J connectivity index is 2.13. The van der Waals surface area contributed by atoms with E-state index >= 15 is 0 Å². The van der Waals surface area contributed by atoms with Gasteiger partial charge in [0.25, 0.3) is 0 Å². The monoisotopic (exact) mass is 213 g/mol. The molecule has 0 radical (unpaired) electrons. The average Bonchev–Trinajstić information content (AvgIpc) is 2.53. The largest absolute Gasteiger partial charge is 0.368 e. The molecular formula is C13H15N3. The molecule has 82 valence electrons. The highest BCUT2D eigenvalue weighted by Crippen LogP contribution is 2.34. The predicted octanol–water partition coefficient (Wildman–Crippen LogP) is 3.02. The first-order valence-corrected chi connectivity index (χ1v) is 5.50. The maximum atomic E-state index is 3.46. The van der Waals surface area contributed by atoms with Crippen LogP contribution in [-0.4, -0.2) is 12.0 Å². The van der Waals surface area contributed by atoms with Crippen molar-refractivity contribution in [1.29, 1.82) is 0 Å². The Bertz CT molecular complexity index is 528. The molecule has 0 atom stereocenters. The third-order valence-electron chi connectivity index (χ3n) is 3.02. The molecule has 3 heteroatoms. The quantitative estimate of drug-likeness (QED) is 0.704. The molecular weight excluding hydrogens is 198 g/mol. The molecule has 3 rings (SSSR count). The molecule has 1 aromatic carbocycles. The molecule has 0 unspecified atom stereocenters. The van der Waals surface area contributed by atoms with Gasteiger partial charge in [0.05, 0.1) is 11.4 Å². The lowest BCUT2D eigenvalue weighted by Crippen LogP contribution is -2.14. The van der Waals surface area contributed by atoms with E-state index in [0.717, 1.165) is 18.1 Å². The van der Waals surface area contributed by atoms with Crippen LogP contribution in [0.25, 0.3) is 0 Å². The number of hydrogen-bond acceptors (Lipinski definition) is 2. The Morgan fingerprint density at radius 1 is 1.25 bits per heavy atom. The highest BCUT2D eigenvalue weighted by Gasteiger charge is 2.16. The number of aromatic amines is 1. The number of benzene rings is 1. The van der Waals surface area contributed by atoms with Crippen LogP contribution < -0.4 is 10.2 Å². The van der Waals surface area contributed by atoms with Crippen LogP contribution in [0.15, 0.2) is 30.3 Å². The predicted molar refractivity (Wildman–Crippen MR) is 67.4 cm³/mol. The molecule has 0 saturated heterocycles. The number of aryl methyl sites for hydroxylation is 1. The smallest absolute Gasteiger partial charge is 0.113 e. The standard InChI is InChI=1S/C13H15N3/c1-9-7-10-8-16(2)12-6-4-3-5-11(12)15-13(10)14-9/h3-7,14-15H,8H2,1-2H3. The lowest BCUT2D eigenvalue weighted by atomic mass is 10.2. The van der Waals surface area contributed by atoms with Gasteiger partial charge in [-0.15, -0.1) is 0 Å². The van der Waals surface area contributed by atoms with E-state index < -0.39 is 0 Å². The zero-order valence-electron chi connectivity index (χ0n) is 9.54. The van der Waals surface area contributed by atoms with Gasteiger partial charge in [-0.2, -0.15) is 0 Å². The van der Waals surface area contributed by atoms with Crippen molar-refractivity contribution in [2.45, 2.75) is 13.5 Å². The molecule has 1 aromatic heterocycles. The normalized spacial score (nSPS) is 13.8. The molecule has 0 bridgehead atoms. The van der Waals surface area contributed by atoms with E-state index in [1.807, 2.05) is 0 Å². The van der Waals surface area contributed by atoms with Crippen molar-refractivity contribution in [3.8, 4) is 0 Å². The Morgan fingerprint density at radius 3 is 2.94 bits per heavy atom. The molecule has 1 aliphatic rings. The number of H-pyrrole nitrogens is 1. The lowest BCUT2D eigenvalue weighted by Gasteiger charge is -2.18. The summed E-state index contributed by atoms with van der Waals surface area (Å²) in [5.41, 5.74) is 4.91. The van der Waals surface area contributed by atoms with Crippen molar-refractivity contribution in [1.82, 2.24) is 4.98 Å². The number of nitrogens with zero attached hydrogens (tertiary/aromatic N) is 1. The summed E-state index contributed by atoms with van der Waals surface area (Å²) in [6, 6.07) is 10.6. The van der Waals surface area contributed by atoms with Gasteiger partial charge in [-0.25, -0.2) is 0 Å². The van der Waals surface area contributed by atoms with Crippen LogP contribution in [0.1, 0.15) is 11.3 Å². The summed E-state index contributed by atoms with van der Waals surface area (Å²) in [7, 11) is 2.12. The molecule has 16 heavy (non-hydrogen) atoms.